The number of nitro benzene ring substituents is 1. The van der Waals surface area contributed by atoms with Gasteiger partial charge in [0, 0.05) is 23.8 Å². The highest BCUT2D eigenvalue weighted by Gasteiger charge is 2.31. The highest BCUT2D eigenvalue weighted by molar-refractivity contribution is 5.74. The molecule has 10 nitrogen and oxygen atoms in total. The van der Waals surface area contributed by atoms with Crippen LogP contribution in [0.25, 0.3) is 0 Å². The molecular formula is C32H25N3O7. The second kappa shape index (κ2) is 12.1. The highest BCUT2D eigenvalue weighted by atomic mass is 16.6. The van der Waals surface area contributed by atoms with Crippen LogP contribution >= 0.6 is 0 Å². The molecule has 42 heavy (non-hydrogen) atoms. The van der Waals surface area contributed by atoms with Crippen LogP contribution in [0.1, 0.15) is 28.2 Å². The topological polar surface area (TPSA) is 147 Å². The van der Waals surface area contributed by atoms with Crippen LogP contribution in [0.5, 0.6) is 23.0 Å². The number of rotatable bonds is 9. The van der Waals surface area contributed by atoms with Gasteiger partial charge in [-0.15, -0.1) is 0 Å². The molecule has 0 amide bonds. The van der Waals surface area contributed by atoms with Crippen LogP contribution in [0, 0.1) is 28.4 Å². The largest absolute Gasteiger partial charge is 0.489 e. The van der Waals surface area contributed by atoms with Crippen LogP contribution in [0.15, 0.2) is 102 Å². The summed E-state index contributed by atoms with van der Waals surface area (Å²) in [6.45, 7) is 1.99. The Balaban J connectivity index is 1.31. The molecule has 1 unspecified atom stereocenters. The van der Waals surface area contributed by atoms with E-state index in [1.807, 2.05) is 55.5 Å². The van der Waals surface area contributed by atoms with E-state index < -0.39 is 23.4 Å². The number of fused-ring (bicyclic) bond motifs is 1. The molecule has 1 atom stereocenters. The quantitative estimate of drug-likeness (QED) is 0.117. The van der Waals surface area contributed by atoms with Gasteiger partial charge in [-0.05, 0) is 48.4 Å². The second-order valence-electron chi connectivity index (χ2n) is 9.48. The van der Waals surface area contributed by atoms with E-state index in [0.717, 1.165) is 11.1 Å². The van der Waals surface area contributed by atoms with Crippen molar-refractivity contribution < 1.29 is 28.7 Å². The van der Waals surface area contributed by atoms with Crippen LogP contribution in [0.4, 0.5) is 5.69 Å². The standard InChI is InChI=1S/C32H25N3O7/c1-20-5-7-21(8-6-20)18-39-25-4-2-3-22(15-25)31-27-14-13-26(16-29(27)42-32(34)28(31)17-33)41-30(36)19-40-24-11-9-23(10-12-24)35(37)38/h2-16,31H,18-19,34H2,1H3. The lowest BCUT2D eigenvalue weighted by atomic mass is 9.83. The van der Waals surface area contributed by atoms with Gasteiger partial charge in [-0.25, -0.2) is 4.79 Å². The van der Waals surface area contributed by atoms with Crippen molar-refractivity contribution in [1.29, 1.82) is 5.26 Å². The zero-order valence-electron chi connectivity index (χ0n) is 22.5. The fraction of sp³-hybridized carbons (Fsp3) is 0.125. The third kappa shape index (κ3) is 6.32. The van der Waals surface area contributed by atoms with E-state index in [1.54, 1.807) is 12.1 Å². The smallest absolute Gasteiger partial charge is 0.349 e. The summed E-state index contributed by atoms with van der Waals surface area (Å²) in [5.74, 6) is 0.164. The van der Waals surface area contributed by atoms with Crippen LogP contribution in [-0.4, -0.2) is 17.5 Å². The van der Waals surface area contributed by atoms with Crippen molar-refractivity contribution >= 4 is 11.7 Å². The number of benzene rings is 4. The molecule has 2 N–H and O–H groups in total. The number of nitriles is 1. The van der Waals surface area contributed by atoms with Crippen LogP contribution in [0.2, 0.25) is 0 Å². The van der Waals surface area contributed by atoms with Gasteiger partial charge in [0.15, 0.2) is 6.61 Å². The first-order valence-electron chi connectivity index (χ1n) is 12.9. The molecule has 4 aromatic carbocycles. The molecule has 5 rings (SSSR count). The number of carbonyl (C=O) groups excluding carboxylic acids is 1. The van der Waals surface area contributed by atoms with E-state index in [-0.39, 0.29) is 28.6 Å². The minimum Gasteiger partial charge on any atom is -0.489 e. The van der Waals surface area contributed by atoms with Gasteiger partial charge in [0.1, 0.15) is 41.2 Å². The van der Waals surface area contributed by atoms with Gasteiger partial charge in [-0.3, -0.25) is 10.1 Å². The first-order chi connectivity index (χ1) is 20.3. The number of nitrogens with zero attached hydrogens (tertiary/aromatic N) is 2. The molecule has 1 aliphatic heterocycles. The predicted molar refractivity (Wildman–Crippen MR) is 152 cm³/mol. The lowest BCUT2D eigenvalue weighted by Crippen LogP contribution is -2.21. The maximum Gasteiger partial charge on any atom is 0.349 e. The number of nitro groups is 1. The Hall–Kier alpha value is -5.82. The number of nitrogens with two attached hydrogens (primary N) is 1. The number of ether oxygens (including phenoxy) is 4. The van der Waals surface area contributed by atoms with Gasteiger partial charge >= 0.3 is 5.97 Å². The van der Waals surface area contributed by atoms with E-state index in [9.17, 15) is 20.2 Å². The number of allylic oxidation sites excluding steroid dienone is 1. The normalized spacial score (nSPS) is 13.8. The van der Waals surface area contributed by atoms with Crippen LogP contribution in [0.3, 0.4) is 0 Å². The first-order valence-corrected chi connectivity index (χ1v) is 12.9. The number of esters is 1. The van der Waals surface area contributed by atoms with E-state index in [0.29, 0.717) is 23.7 Å². The van der Waals surface area contributed by atoms with Crippen molar-refractivity contribution in [2.75, 3.05) is 6.61 Å². The van der Waals surface area contributed by atoms with Gasteiger partial charge in [-0.1, -0.05) is 48.0 Å². The van der Waals surface area contributed by atoms with E-state index in [2.05, 4.69) is 6.07 Å². The Labute approximate surface area is 241 Å². The molecule has 210 valence electrons. The molecule has 0 bridgehead atoms. The zero-order chi connectivity index (χ0) is 29.6. The summed E-state index contributed by atoms with van der Waals surface area (Å²) in [7, 11) is 0. The number of hydrogen-bond acceptors (Lipinski definition) is 9. The van der Waals surface area contributed by atoms with Crippen molar-refractivity contribution in [2.45, 2.75) is 19.4 Å². The molecule has 0 radical (unpaired) electrons. The van der Waals surface area contributed by atoms with Crippen molar-refractivity contribution in [3.05, 3.63) is 135 Å². The minimum absolute atomic E-state index is 0.0500. The van der Waals surface area contributed by atoms with E-state index >= 15 is 0 Å². The Morgan fingerprint density at radius 2 is 1.71 bits per heavy atom. The minimum atomic E-state index is -0.694. The van der Waals surface area contributed by atoms with Crippen molar-refractivity contribution in [2.24, 2.45) is 5.73 Å². The monoisotopic (exact) mass is 563 g/mol. The zero-order valence-corrected chi connectivity index (χ0v) is 22.5. The Morgan fingerprint density at radius 1 is 0.976 bits per heavy atom. The van der Waals surface area contributed by atoms with Crippen molar-refractivity contribution in [3.8, 4) is 29.1 Å². The maximum atomic E-state index is 12.4. The summed E-state index contributed by atoms with van der Waals surface area (Å²) in [4.78, 5) is 22.7. The van der Waals surface area contributed by atoms with Gasteiger partial charge in [0.05, 0.1) is 10.8 Å². The highest BCUT2D eigenvalue weighted by Crippen LogP contribution is 2.44. The molecule has 0 aromatic heterocycles. The molecule has 1 aliphatic rings. The SMILES string of the molecule is Cc1ccc(COc2cccc(C3C(C#N)=C(N)Oc4cc(OC(=O)COc5ccc([N+](=O)[O-])cc5)ccc43)c2)cc1. The summed E-state index contributed by atoms with van der Waals surface area (Å²) in [6.07, 6.45) is 0. The number of non-ortho nitro benzene ring substituents is 1. The Morgan fingerprint density at radius 3 is 2.43 bits per heavy atom. The first kappa shape index (κ1) is 27.7. The third-order valence-corrected chi connectivity index (χ3v) is 6.54. The summed E-state index contributed by atoms with van der Waals surface area (Å²) in [5, 5.41) is 20.7. The number of aryl methyl sites for hydroxylation is 1. The fourth-order valence-corrected chi connectivity index (χ4v) is 4.44. The Kier molecular flexibility index (Phi) is 8.02. The molecular weight excluding hydrogens is 538 g/mol. The molecule has 0 aliphatic carbocycles. The fourth-order valence-electron chi connectivity index (χ4n) is 4.44. The molecule has 4 aromatic rings. The second-order valence-corrected chi connectivity index (χ2v) is 9.48. The van der Waals surface area contributed by atoms with E-state index in [1.165, 1.54) is 35.9 Å². The number of carbonyl (C=O) groups is 1. The van der Waals surface area contributed by atoms with Crippen molar-refractivity contribution in [3.63, 3.8) is 0 Å². The summed E-state index contributed by atoms with van der Waals surface area (Å²) in [6, 6.07) is 27.8. The predicted octanol–water partition coefficient (Wildman–Crippen LogP) is 5.68. The third-order valence-electron chi connectivity index (χ3n) is 6.54. The molecule has 0 saturated heterocycles. The molecule has 10 heteroatoms. The summed E-state index contributed by atoms with van der Waals surface area (Å²) in [5.41, 5.74) is 9.95. The maximum absolute atomic E-state index is 12.4. The van der Waals surface area contributed by atoms with Gasteiger partial charge in [0.25, 0.3) is 5.69 Å². The van der Waals surface area contributed by atoms with E-state index in [4.69, 9.17) is 24.7 Å². The van der Waals surface area contributed by atoms with Crippen LogP contribution in [-0.2, 0) is 11.4 Å². The average Bonchev–Trinajstić information content (AvgIpc) is 2.99. The average molecular weight is 564 g/mol. The molecule has 1 heterocycles. The van der Waals surface area contributed by atoms with Gasteiger partial charge < -0.3 is 24.7 Å². The van der Waals surface area contributed by atoms with Gasteiger partial charge in [0.2, 0.25) is 5.88 Å². The van der Waals surface area contributed by atoms with Crippen molar-refractivity contribution in [1.82, 2.24) is 0 Å². The summed E-state index contributed by atoms with van der Waals surface area (Å²) < 4.78 is 22.5. The summed E-state index contributed by atoms with van der Waals surface area (Å²) >= 11 is 0. The number of hydrogen-bond donors (Lipinski definition) is 1. The Bertz CT molecular complexity index is 1710. The molecule has 0 fully saturated rings. The lowest BCUT2D eigenvalue weighted by Gasteiger charge is -2.27. The molecule has 0 saturated carbocycles. The van der Waals surface area contributed by atoms with Gasteiger partial charge in [-0.2, -0.15) is 5.26 Å². The van der Waals surface area contributed by atoms with Crippen LogP contribution < -0.4 is 24.7 Å². The lowest BCUT2D eigenvalue weighted by molar-refractivity contribution is -0.384. The molecule has 0 spiro atoms.